The number of benzene rings is 5. The molecule has 5 aromatic rings. The Morgan fingerprint density at radius 3 is 2.03 bits per heavy atom. The molecule has 3 amide bonds. The smallest absolute Gasteiger partial charge is 0.421 e. The molecular weight excluding hydrogens is 939 g/mol. The summed E-state index contributed by atoms with van der Waals surface area (Å²) in [6.45, 7) is 0.00133. The van der Waals surface area contributed by atoms with Crippen molar-refractivity contribution in [1.82, 2.24) is 9.80 Å². The fourth-order valence-corrected chi connectivity index (χ4v) is 10.9. The zero-order valence-corrected chi connectivity index (χ0v) is 40.8. The lowest BCUT2D eigenvalue weighted by atomic mass is 9.64. The molecular formula is C56H53N3O14. The van der Waals surface area contributed by atoms with Gasteiger partial charge in [-0.2, -0.15) is 0 Å². The number of rotatable bonds is 12. The van der Waals surface area contributed by atoms with Gasteiger partial charge >= 0.3 is 24.0 Å². The number of carbonyl (C=O) groups is 6. The average Bonchev–Trinajstić information content (AvgIpc) is 3.92. The highest BCUT2D eigenvalue weighted by Gasteiger charge is 2.76. The van der Waals surface area contributed by atoms with E-state index in [0.717, 1.165) is 30.2 Å². The van der Waals surface area contributed by atoms with Crippen LogP contribution >= 0.6 is 0 Å². The number of aromatic hydroxyl groups is 1. The largest absolute Gasteiger partial charge is 0.508 e. The van der Waals surface area contributed by atoms with Crippen molar-refractivity contribution in [3.8, 4) is 29.1 Å². The van der Waals surface area contributed by atoms with Gasteiger partial charge in [-0.3, -0.25) is 28.9 Å². The van der Waals surface area contributed by atoms with Gasteiger partial charge in [0.25, 0.3) is 0 Å². The number of anilines is 1. The summed E-state index contributed by atoms with van der Waals surface area (Å²) in [5.41, 5.74) is 1.76. The molecule has 4 heterocycles. The van der Waals surface area contributed by atoms with E-state index < -0.39 is 77.3 Å². The molecule has 376 valence electrons. The topological polar surface area (TPSA) is 197 Å². The first-order valence-electron chi connectivity index (χ1n) is 23.6. The fourth-order valence-electron chi connectivity index (χ4n) is 10.9. The maximum atomic E-state index is 16.6. The van der Waals surface area contributed by atoms with Crippen LogP contribution in [0.1, 0.15) is 63.6 Å². The van der Waals surface area contributed by atoms with Gasteiger partial charge in [0, 0.05) is 32.2 Å². The number of hydrogen-bond donors (Lipinski definition) is 1. The number of carbonyl (C=O) groups excluding carboxylic acids is 6. The average molecular weight is 992 g/mol. The van der Waals surface area contributed by atoms with Crippen LogP contribution in [0.15, 0.2) is 115 Å². The Balaban J connectivity index is 1.33. The van der Waals surface area contributed by atoms with Crippen LogP contribution in [0.2, 0.25) is 0 Å². The molecule has 4 aliphatic rings. The Morgan fingerprint density at radius 1 is 0.753 bits per heavy atom. The number of fused-ring (bicyclic) bond motifs is 4. The summed E-state index contributed by atoms with van der Waals surface area (Å²) in [6.07, 6.45) is -1.96. The van der Waals surface area contributed by atoms with Crippen LogP contribution in [0.3, 0.4) is 0 Å². The number of hydrogen-bond acceptors (Lipinski definition) is 15. The fraction of sp³-hybridized carbons (Fsp3) is 0.321. The van der Waals surface area contributed by atoms with E-state index in [1.54, 1.807) is 42.3 Å². The van der Waals surface area contributed by atoms with Gasteiger partial charge in [-0.15, -0.1) is 0 Å². The minimum absolute atomic E-state index is 0.00407. The van der Waals surface area contributed by atoms with Crippen molar-refractivity contribution < 1.29 is 67.0 Å². The number of methoxy groups -OCH3 is 5. The minimum atomic E-state index is -2.16. The first kappa shape index (κ1) is 49.8. The third-order valence-corrected chi connectivity index (χ3v) is 14.2. The van der Waals surface area contributed by atoms with Gasteiger partial charge in [0.2, 0.25) is 11.8 Å². The second-order valence-electron chi connectivity index (χ2n) is 17.9. The van der Waals surface area contributed by atoms with Gasteiger partial charge in [0.1, 0.15) is 29.9 Å². The van der Waals surface area contributed by atoms with Crippen LogP contribution in [0.4, 0.5) is 10.5 Å². The van der Waals surface area contributed by atoms with E-state index in [-0.39, 0.29) is 55.3 Å². The Morgan fingerprint density at radius 2 is 1.40 bits per heavy atom. The number of imide groups is 1. The molecule has 6 atom stereocenters. The van der Waals surface area contributed by atoms with Gasteiger partial charge in [0.05, 0.1) is 58.7 Å². The predicted octanol–water partition coefficient (Wildman–Crippen LogP) is 6.15. The number of esters is 3. The molecule has 0 unspecified atom stereocenters. The number of phenolic OH excluding ortho intramolecular Hbond substituents is 1. The Kier molecular flexibility index (Phi) is 14.2. The van der Waals surface area contributed by atoms with Crippen LogP contribution in [-0.2, 0) is 66.0 Å². The molecule has 1 spiro atoms. The molecule has 73 heavy (non-hydrogen) atoms. The van der Waals surface area contributed by atoms with E-state index in [4.69, 9.17) is 33.2 Å². The quantitative estimate of drug-likeness (QED) is 0.0491. The molecule has 0 bridgehead atoms. The molecule has 0 saturated carbocycles. The van der Waals surface area contributed by atoms with Crippen LogP contribution in [0.5, 0.6) is 17.2 Å². The molecule has 9 rings (SSSR count). The highest BCUT2D eigenvalue weighted by Crippen LogP contribution is 2.66. The van der Waals surface area contributed by atoms with Crippen molar-refractivity contribution in [3.63, 3.8) is 0 Å². The third-order valence-electron chi connectivity index (χ3n) is 14.2. The second-order valence-corrected chi connectivity index (χ2v) is 17.9. The van der Waals surface area contributed by atoms with Crippen LogP contribution < -0.4 is 14.4 Å². The van der Waals surface area contributed by atoms with Crippen molar-refractivity contribution in [2.75, 3.05) is 60.2 Å². The third kappa shape index (κ3) is 8.76. The van der Waals surface area contributed by atoms with E-state index in [0.29, 0.717) is 34.6 Å². The normalized spacial score (nSPS) is 21.8. The van der Waals surface area contributed by atoms with Gasteiger partial charge in [0.15, 0.2) is 17.4 Å². The number of nitrogens with zero attached hydrogens (tertiary/aromatic N) is 3. The molecule has 2 fully saturated rings. The Labute approximate surface area is 421 Å². The maximum absolute atomic E-state index is 16.6. The lowest BCUT2D eigenvalue weighted by Gasteiger charge is -2.46. The molecule has 17 heteroatoms. The van der Waals surface area contributed by atoms with Crippen molar-refractivity contribution in [2.45, 2.75) is 49.0 Å². The maximum Gasteiger partial charge on any atom is 0.421 e. The monoisotopic (exact) mass is 991 g/mol. The highest BCUT2D eigenvalue weighted by atomic mass is 16.6. The highest BCUT2D eigenvalue weighted by molar-refractivity contribution is 6.23. The molecule has 0 aliphatic carbocycles. The Hall–Kier alpha value is -8.20. The molecule has 5 aromatic carbocycles. The molecule has 17 nitrogen and oxygen atoms in total. The van der Waals surface area contributed by atoms with E-state index >= 15 is 14.4 Å². The molecule has 4 aliphatic heterocycles. The van der Waals surface area contributed by atoms with Gasteiger partial charge in [-0.05, 0) is 82.3 Å². The number of phenols is 1. The van der Waals surface area contributed by atoms with E-state index in [2.05, 4.69) is 11.8 Å². The van der Waals surface area contributed by atoms with Crippen molar-refractivity contribution >= 4 is 41.5 Å². The first-order chi connectivity index (χ1) is 35.4. The first-order valence-corrected chi connectivity index (χ1v) is 23.6. The van der Waals surface area contributed by atoms with Gasteiger partial charge < -0.3 is 43.2 Å². The summed E-state index contributed by atoms with van der Waals surface area (Å²) in [5.74, 6) is -0.133. The summed E-state index contributed by atoms with van der Waals surface area (Å²) < 4.78 is 38.5. The van der Waals surface area contributed by atoms with E-state index in [9.17, 15) is 19.5 Å². The van der Waals surface area contributed by atoms with Gasteiger partial charge in [-0.25, -0.2) is 9.69 Å². The SMILES string of the molecule is COCCOC(=O)N1C(=O)[C@@]2(c3cc(C#CCC(C(=O)OC)C(=O)OC)ccc31)[C@H](c1ccc(O)cc1)N1[C@H](c3ccccc3)[C@H](c3ccccc3)OC(=O)[C@H]1[C@@H]2C(=O)N1CCc2cc(OC)c(OC)cc2C1. The predicted molar refractivity (Wildman–Crippen MR) is 261 cm³/mol. The summed E-state index contributed by atoms with van der Waals surface area (Å²) in [4.78, 5) is 92.9. The summed E-state index contributed by atoms with van der Waals surface area (Å²) in [5, 5.41) is 10.8. The summed E-state index contributed by atoms with van der Waals surface area (Å²) in [7, 11) is 6.77. The summed E-state index contributed by atoms with van der Waals surface area (Å²) >= 11 is 0. The van der Waals surface area contributed by atoms with Crippen LogP contribution in [0, 0.1) is 23.7 Å². The zero-order chi connectivity index (χ0) is 51.6. The van der Waals surface area contributed by atoms with Crippen molar-refractivity contribution in [1.29, 1.82) is 0 Å². The Bertz CT molecular complexity index is 2990. The number of morpholine rings is 1. The van der Waals surface area contributed by atoms with Crippen LogP contribution in [0.25, 0.3) is 0 Å². The number of cyclic esters (lactones) is 1. The number of amides is 3. The minimum Gasteiger partial charge on any atom is -0.508 e. The van der Waals surface area contributed by atoms with Crippen molar-refractivity contribution in [3.05, 3.63) is 154 Å². The van der Waals surface area contributed by atoms with Crippen LogP contribution in [-0.4, -0.2) is 112 Å². The van der Waals surface area contributed by atoms with E-state index in [1.165, 1.54) is 32.4 Å². The molecule has 0 aromatic heterocycles. The lowest BCUT2D eigenvalue weighted by Crippen LogP contribution is -2.57. The molecule has 0 radical (unpaired) electrons. The molecule has 1 N–H and O–H groups in total. The molecule has 2 saturated heterocycles. The summed E-state index contributed by atoms with van der Waals surface area (Å²) in [6, 6.07) is 29.5. The van der Waals surface area contributed by atoms with Crippen molar-refractivity contribution in [2.24, 2.45) is 11.8 Å². The number of ether oxygens (including phenoxy) is 7. The van der Waals surface area contributed by atoms with E-state index in [1.807, 2.05) is 71.6 Å². The standard InChI is InChI=1S/C56H53N3O14/c1-67-27-28-72-55(66)58-42-24-19-33(13-12-18-40(51(62)70-4)52(63)71-5)29-41(42)56(54(58)65)45(50(61)57-26-25-37-30-43(68-2)44(69-3)31-38(37)32-57)47-53(64)73-48(35-16-10-7-11-17-35)46(34-14-8-6-9-15-34)59(47)49(56)36-20-22-39(60)23-21-36/h6-11,14-17,19-24,29-31,40,45-49,60H,18,25-28,32H2,1-5H3/t45-,46-,47-,48+,49+,56-/m1/s1. The lowest BCUT2D eigenvalue weighted by molar-refractivity contribution is -0.179. The second kappa shape index (κ2) is 20.9. The van der Waals surface area contributed by atoms with Gasteiger partial charge in [-0.1, -0.05) is 84.6 Å². The zero-order valence-electron chi connectivity index (χ0n) is 40.8.